The number of imide groups is 1. The zero-order valence-electron chi connectivity index (χ0n) is 12.8. The summed E-state index contributed by atoms with van der Waals surface area (Å²) in [6.45, 7) is 4.33. The Morgan fingerprint density at radius 2 is 1.78 bits per heavy atom. The lowest BCUT2D eigenvalue weighted by atomic mass is 10.1. The van der Waals surface area contributed by atoms with Crippen LogP contribution >= 0.6 is 0 Å². The summed E-state index contributed by atoms with van der Waals surface area (Å²) in [7, 11) is 0. The third-order valence-corrected chi connectivity index (χ3v) is 3.55. The number of carbonyl (C=O) groups is 3. The SMILES string of the molecule is CCCn1cc(C(=O)ON2C(=O)c3ccccc3C2=O)c(C)n1. The number of amides is 2. The molecule has 23 heavy (non-hydrogen) atoms. The number of aromatic nitrogens is 2. The summed E-state index contributed by atoms with van der Waals surface area (Å²) in [5, 5.41) is 4.70. The highest BCUT2D eigenvalue weighted by atomic mass is 16.7. The summed E-state index contributed by atoms with van der Waals surface area (Å²) >= 11 is 0. The Morgan fingerprint density at radius 3 is 2.35 bits per heavy atom. The molecule has 1 aromatic carbocycles. The molecule has 1 aliphatic heterocycles. The molecule has 0 atom stereocenters. The molecule has 0 bridgehead atoms. The van der Waals surface area contributed by atoms with Gasteiger partial charge < -0.3 is 4.84 Å². The van der Waals surface area contributed by atoms with E-state index in [9.17, 15) is 14.4 Å². The predicted molar refractivity (Wildman–Crippen MR) is 79.6 cm³/mol. The van der Waals surface area contributed by atoms with Crippen LogP contribution in [0.25, 0.3) is 0 Å². The predicted octanol–water partition coefficient (Wildman–Crippen LogP) is 1.97. The number of hydrogen-bond acceptors (Lipinski definition) is 5. The first-order valence-electron chi connectivity index (χ1n) is 7.27. The largest absolute Gasteiger partial charge is 0.367 e. The number of carbonyl (C=O) groups excluding carboxylic acids is 3. The lowest BCUT2D eigenvalue weighted by Crippen LogP contribution is -2.32. The van der Waals surface area contributed by atoms with E-state index >= 15 is 0 Å². The normalized spacial score (nSPS) is 13.4. The summed E-state index contributed by atoms with van der Waals surface area (Å²) in [6.07, 6.45) is 2.42. The molecule has 2 amide bonds. The highest BCUT2D eigenvalue weighted by Gasteiger charge is 2.39. The van der Waals surface area contributed by atoms with E-state index in [2.05, 4.69) is 5.10 Å². The Morgan fingerprint density at radius 1 is 1.17 bits per heavy atom. The summed E-state index contributed by atoms with van der Waals surface area (Å²) in [6, 6.07) is 6.34. The van der Waals surface area contributed by atoms with Crippen molar-refractivity contribution < 1.29 is 19.2 Å². The van der Waals surface area contributed by atoms with E-state index in [0.717, 1.165) is 6.42 Å². The van der Waals surface area contributed by atoms with Crippen molar-refractivity contribution in [3.8, 4) is 0 Å². The van der Waals surface area contributed by atoms with Crippen LogP contribution in [-0.4, -0.2) is 32.6 Å². The van der Waals surface area contributed by atoms with Gasteiger partial charge in [-0.2, -0.15) is 5.10 Å². The van der Waals surface area contributed by atoms with Crippen LogP contribution in [0, 0.1) is 6.92 Å². The minimum absolute atomic E-state index is 0.226. The van der Waals surface area contributed by atoms with Gasteiger partial charge in [0.05, 0.1) is 16.8 Å². The lowest BCUT2D eigenvalue weighted by Gasteiger charge is -2.12. The molecular formula is C16H15N3O4. The number of fused-ring (bicyclic) bond motifs is 1. The molecule has 0 aliphatic carbocycles. The van der Waals surface area contributed by atoms with E-state index in [4.69, 9.17) is 4.84 Å². The molecule has 0 unspecified atom stereocenters. The average Bonchev–Trinajstić information content (AvgIpc) is 3.02. The van der Waals surface area contributed by atoms with Gasteiger partial charge in [-0.3, -0.25) is 14.3 Å². The number of aryl methyl sites for hydroxylation is 2. The number of hydrogen-bond donors (Lipinski definition) is 0. The van der Waals surface area contributed by atoms with Gasteiger partial charge in [0.1, 0.15) is 5.56 Å². The Hall–Kier alpha value is -2.96. The van der Waals surface area contributed by atoms with Crippen molar-refractivity contribution in [1.29, 1.82) is 0 Å². The summed E-state index contributed by atoms with van der Waals surface area (Å²) in [5.41, 5.74) is 1.17. The zero-order chi connectivity index (χ0) is 16.6. The highest BCUT2D eigenvalue weighted by Crippen LogP contribution is 2.23. The molecule has 0 saturated heterocycles. The molecule has 7 heteroatoms. The Labute approximate surface area is 132 Å². The molecule has 0 N–H and O–H groups in total. The van der Waals surface area contributed by atoms with Gasteiger partial charge in [0.25, 0.3) is 11.8 Å². The van der Waals surface area contributed by atoms with Crippen LogP contribution < -0.4 is 0 Å². The van der Waals surface area contributed by atoms with E-state index in [1.807, 2.05) is 6.92 Å². The summed E-state index contributed by atoms with van der Waals surface area (Å²) < 4.78 is 1.63. The van der Waals surface area contributed by atoms with Crippen LogP contribution in [0.15, 0.2) is 30.5 Å². The average molecular weight is 313 g/mol. The number of hydroxylamine groups is 2. The third-order valence-electron chi connectivity index (χ3n) is 3.55. The summed E-state index contributed by atoms with van der Waals surface area (Å²) in [5.74, 6) is -2.06. The summed E-state index contributed by atoms with van der Waals surface area (Å²) in [4.78, 5) is 41.6. The van der Waals surface area contributed by atoms with E-state index < -0.39 is 17.8 Å². The van der Waals surface area contributed by atoms with Crippen LogP contribution in [0.5, 0.6) is 0 Å². The van der Waals surface area contributed by atoms with Crippen LogP contribution in [0.2, 0.25) is 0 Å². The van der Waals surface area contributed by atoms with Crippen LogP contribution in [0.1, 0.15) is 50.1 Å². The molecular weight excluding hydrogens is 298 g/mol. The second-order valence-corrected chi connectivity index (χ2v) is 5.22. The van der Waals surface area contributed by atoms with Crippen molar-refractivity contribution in [2.75, 3.05) is 0 Å². The smallest absolute Gasteiger partial charge is 0.324 e. The number of rotatable bonds is 4. The minimum atomic E-state index is -0.778. The van der Waals surface area contributed by atoms with E-state index in [1.54, 1.807) is 29.9 Å². The zero-order valence-corrected chi connectivity index (χ0v) is 12.8. The van der Waals surface area contributed by atoms with E-state index in [1.165, 1.54) is 12.1 Å². The quantitative estimate of drug-likeness (QED) is 0.806. The number of nitrogens with zero attached hydrogens (tertiary/aromatic N) is 3. The molecule has 3 rings (SSSR count). The van der Waals surface area contributed by atoms with Gasteiger partial charge >= 0.3 is 5.97 Å². The van der Waals surface area contributed by atoms with Crippen molar-refractivity contribution in [3.63, 3.8) is 0 Å². The molecule has 0 saturated carbocycles. The van der Waals surface area contributed by atoms with Crippen molar-refractivity contribution >= 4 is 17.8 Å². The van der Waals surface area contributed by atoms with Gasteiger partial charge in [-0.1, -0.05) is 24.1 Å². The molecule has 0 radical (unpaired) electrons. The molecule has 1 aliphatic rings. The van der Waals surface area contributed by atoms with Crippen LogP contribution in [0.4, 0.5) is 0 Å². The highest BCUT2D eigenvalue weighted by molar-refractivity contribution is 6.21. The van der Waals surface area contributed by atoms with Gasteiger partial charge in [0.15, 0.2) is 0 Å². The monoisotopic (exact) mass is 313 g/mol. The van der Waals surface area contributed by atoms with Gasteiger partial charge in [0, 0.05) is 12.7 Å². The molecule has 2 aromatic rings. The minimum Gasteiger partial charge on any atom is -0.324 e. The van der Waals surface area contributed by atoms with Gasteiger partial charge in [-0.25, -0.2) is 4.79 Å². The first-order valence-corrected chi connectivity index (χ1v) is 7.27. The third kappa shape index (κ3) is 2.50. The van der Waals surface area contributed by atoms with Gasteiger partial charge in [0.2, 0.25) is 0 Å². The number of benzene rings is 1. The first kappa shape index (κ1) is 15.0. The van der Waals surface area contributed by atoms with Crippen molar-refractivity contribution in [3.05, 3.63) is 52.8 Å². The van der Waals surface area contributed by atoms with Gasteiger partial charge in [-0.05, 0) is 25.5 Å². The first-order chi connectivity index (χ1) is 11.0. The second-order valence-electron chi connectivity index (χ2n) is 5.22. The van der Waals surface area contributed by atoms with Crippen LogP contribution in [0.3, 0.4) is 0 Å². The Bertz CT molecular complexity index is 774. The molecule has 0 spiro atoms. The fraction of sp³-hybridized carbons (Fsp3) is 0.250. The maximum absolute atomic E-state index is 12.3. The van der Waals surface area contributed by atoms with E-state index in [-0.39, 0.29) is 16.7 Å². The van der Waals surface area contributed by atoms with Crippen LogP contribution in [-0.2, 0) is 11.4 Å². The molecule has 118 valence electrons. The molecule has 2 heterocycles. The standard InChI is InChI=1S/C16H15N3O4/c1-3-8-18-9-13(10(2)17-18)16(22)23-19-14(20)11-6-4-5-7-12(11)15(19)21/h4-7,9H,3,8H2,1-2H3. The fourth-order valence-electron chi connectivity index (χ4n) is 2.44. The van der Waals surface area contributed by atoms with Gasteiger partial charge in [-0.15, -0.1) is 0 Å². The topological polar surface area (TPSA) is 81.5 Å². The van der Waals surface area contributed by atoms with Crippen molar-refractivity contribution in [1.82, 2.24) is 14.8 Å². The van der Waals surface area contributed by atoms with Crippen molar-refractivity contribution in [2.24, 2.45) is 0 Å². The maximum Gasteiger partial charge on any atom is 0.367 e. The molecule has 1 aromatic heterocycles. The Balaban J connectivity index is 1.82. The fourth-order valence-corrected chi connectivity index (χ4v) is 2.44. The molecule has 7 nitrogen and oxygen atoms in total. The lowest BCUT2D eigenvalue weighted by molar-refractivity contribution is -0.0585. The van der Waals surface area contributed by atoms with Crippen molar-refractivity contribution in [2.45, 2.75) is 26.8 Å². The Kier molecular flexibility index (Phi) is 3.69. The maximum atomic E-state index is 12.3. The second kappa shape index (κ2) is 5.68. The van der Waals surface area contributed by atoms with E-state index in [0.29, 0.717) is 17.3 Å². The molecule has 0 fully saturated rings.